The number of halogens is 5. The molecule has 0 radical (unpaired) electrons. The maximum Gasteiger partial charge on any atom is 0.339 e. The van der Waals surface area contributed by atoms with Crippen LogP contribution in [0.25, 0.3) is 0 Å². The van der Waals surface area contributed by atoms with E-state index in [1.54, 1.807) is 0 Å². The molecule has 23 heavy (non-hydrogen) atoms. The largest absolute Gasteiger partial charge is 0.436 e. The average Bonchev–Trinajstić information content (AvgIpc) is 2.55. The highest BCUT2D eigenvalue weighted by molar-refractivity contribution is 5.96. The van der Waals surface area contributed by atoms with Crippen molar-refractivity contribution in [3.05, 3.63) is 59.2 Å². The first-order chi connectivity index (χ1) is 10.7. The van der Waals surface area contributed by atoms with E-state index in [1.807, 2.05) is 0 Å². The minimum Gasteiger partial charge on any atom is -0.436 e. The van der Waals surface area contributed by atoms with Gasteiger partial charge in [-0.15, -0.1) is 0 Å². The fraction of sp³-hybridized carbons (Fsp3) is 0.200. The second-order valence-corrected chi connectivity index (χ2v) is 4.70. The van der Waals surface area contributed by atoms with Crippen LogP contribution in [-0.4, -0.2) is 23.5 Å². The number of hydrogen-bond donors (Lipinski definition) is 0. The Balaban J connectivity index is 2.54. The molecule has 1 aromatic rings. The molecule has 1 aliphatic carbocycles. The number of carbonyl (C=O) groups excluding carboxylic acids is 2. The number of benzene rings is 1. The van der Waals surface area contributed by atoms with Crippen molar-refractivity contribution in [1.29, 1.82) is 0 Å². The fourth-order valence-electron chi connectivity index (χ4n) is 2.05. The van der Waals surface area contributed by atoms with Gasteiger partial charge in [0.25, 0.3) is 5.60 Å². The van der Waals surface area contributed by atoms with Gasteiger partial charge >= 0.3 is 5.97 Å². The van der Waals surface area contributed by atoms with Gasteiger partial charge in [0.1, 0.15) is 0 Å². The summed E-state index contributed by atoms with van der Waals surface area (Å²) in [6.07, 6.45) is -3.34. The van der Waals surface area contributed by atoms with Crippen molar-refractivity contribution >= 4 is 11.8 Å². The van der Waals surface area contributed by atoms with Crippen molar-refractivity contribution < 1.29 is 36.3 Å². The number of alkyl halides is 1. The van der Waals surface area contributed by atoms with Crippen LogP contribution in [0.4, 0.5) is 22.0 Å². The number of ether oxygens (including phenoxy) is 1. The van der Waals surface area contributed by atoms with E-state index in [-0.39, 0.29) is 5.56 Å². The van der Waals surface area contributed by atoms with Crippen molar-refractivity contribution in [2.24, 2.45) is 0 Å². The minimum absolute atomic E-state index is 0.219. The Labute approximate surface area is 127 Å². The summed E-state index contributed by atoms with van der Waals surface area (Å²) in [5.74, 6) is -12.5. The first-order valence-electron chi connectivity index (χ1n) is 6.28. The van der Waals surface area contributed by atoms with E-state index in [0.717, 1.165) is 0 Å². The molecule has 1 aromatic carbocycles. The number of rotatable bonds is 3. The molecule has 0 amide bonds. The number of Topliss-reactive ketones (excluding diaryl/α,β-unsaturated/α-hetero) is 1. The molecule has 0 fully saturated rings. The Bertz CT molecular complexity index is 726. The normalized spacial score (nSPS) is 24.7. The van der Waals surface area contributed by atoms with Crippen LogP contribution in [0.15, 0.2) is 53.6 Å². The molecule has 0 aliphatic heterocycles. The predicted octanol–water partition coefficient (Wildman–Crippen LogP) is 3.82. The second kappa shape index (κ2) is 5.94. The molecule has 2 rings (SSSR count). The van der Waals surface area contributed by atoms with Gasteiger partial charge in [0.2, 0.25) is 6.17 Å². The summed E-state index contributed by atoms with van der Waals surface area (Å²) in [6.45, 7) is 0.564. The van der Waals surface area contributed by atoms with Gasteiger partial charge in [-0.05, 0) is 19.1 Å². The molecule has 0 spiro atoms. The Morgan fingerprint density at radius 2 is 1.61 bits per heavy atom. The number of hydrogen-bond acceptors (Lipinski definition) is 3. The molecule has 0 bridgehead atoms. The van der Waals surface area contributed by atoms with Crippen molar-refractivity contribution in [1.82, 2.24) is 0 Å². The number of allylic oxidation sites excluding steroid dienone is 2. The van der Waals surface area contributed by atoms with Crippen molar-refractivity contribution in [2.75, 3.05) is 0 Å². The number of carbonyl (C=O) groups is 2. The topological polar surface area (TPSA) is 43.4 Å². The summed E-state index contributed by atoms with van der Waals surface area (Å²) in [5, 5.41) is 0. The van der Waals surface area contributed by atoms with E-state index in [2.05, 4.69) is 4.74 Å². The molecule has 2 atom stereocenters. The van der Waals surface area contributed by atoms with Gasteiger partial charge in [0.05, 0.1) is 5.56 Å². The summed E-state index contributed by atoms with van der Waals surface area (Å²) >= 11 is 0. The standard InChI is InChI=1S/C15H9F5O3/c1-7(21)15(23-14(22)8-5-3-2-4-6-8)12(19)10(17)9(16)11(18)13(15)20/h2-6,12H,1H3. The van der Waals surface area contributed by atoms with Crippen molar-refractivity contribution in [3.63, 3.8) is 0 Å². The van der Waals surface area contributed by atoms with E-state index in [0.29, 0.717) is 6.92 Å². The zero-order valence-corrected chi connectivity index (χ0v) is 11.6. The fourth-order valence-corrected chi connectivity index (χ4v) is 2.05. The van der Waals surface area contributed by atoms with E-state index in [1.165, 1.54) is 30.3 Å². The molecule has 0 saturated heterocycles. The van der Waals surface area contributed by atoms with Gasteiger partial charge in [-0.1, -0.05) is 18.2 Å². The Hall–Kier alpha value is -2.51. The highest BCUT2D eigenvalue weighted by Gasteiger charge is 2.60. The Morgan fingerprint density at radius 1 is 1.04 bits per heavy atom. The number of ketones is 1. The monoisotopic (exact) mass is 332 g/mol. The van der Waals surface area contributed by atoms with Crippen LogP contribution in [0, 0.1) is 0 Å². The number of esters is 1. The minimum atomic E-state index is -3.54. The first-order valence-corrected chi connectivity index (χ1v) is 6.28. The molecule has 1 aliphatic rings. The molecule has 0 N–H and O–H groups in total. The lowest BCUT2D eigenvalue weighted by atomic mass is 9.86. The van der Waals surface area contributed by atoms with Gasteiger partial charge < -0.3 is 4.74 Å². The maximum atomic E-state index is 14.1. The molecule has 3 nitrogen and oxygen atoms in total. The van der Waals surface area contributed by atoms with Gasteiger partial charge in [-0.25, -0.2) is 26.7 Å². The molecule has 2 unspecified atom stereocenters. The van der Waals surface area contributed by atoms with Gasteiger partial charge in [-0.2, -0.15) is 0 Å². The highest BCUT2D eigenvalue weighted by atomic mass is 19.2. The lowest BCUT2D eigenvalue weighted by Gasteiger charge is -2.34. The van der Waals surface area contributed by atoms with Crippen LogP contribution < -0.4 is 0 Å². The van der Waals surface area contributed by atoms with Gasteiger partial charge in [-0.3, -0.25) is 4.79 Å². The van der Waals surface area contributed by atoms with Crippen LogP contribution in [-0.2, 0) is 9.53 Å². The molecular formula is C15H9F5O3. The third-order valence-electron chi connectivity index (χ3n) is 3.29. The summed E-state index contributed by atoms with van der Waals surface area (Å²) < 4.78 is 72.5. The summed E-state index contributed by atoms with van der Waals surface area (Å²) in [6, 6.07) is 6.68. The highest BCUT2D eigenvalue weighted by Crippen LogP contribution is 2.45. The molecule has 0 saturated carbocycles. The zero-order valence-electron chi connectivity index (χ0n) is 11.6. The quantitative estimate of drug-likeness (QED) is 0.624. The van der Waals surface area contributed by atoms with Gasteiger partial charge in [0.15, 0.2) is 29.1 Å². The molecule has 122 valence electrons. The van der Waals surface area contributed by atoms with E-state index >= 15 is 0 Å². The first kappa shape index (κ1) is 16.9. The third kappa shape index (κ3) is 2.54. The summed E-state index contributed by atoms with van der Waals surface area (Å²) in [4.78, 5) is 23.6. The van der Waals surface area contributed by atoms with Crippen LogP contribution in [0.2, 0.25) is 0 Å². The van der Waals surface area contributed by atoms with Crippen LogP contribution >= 0.6 is 0 Å². The Morgan fingerprint density at radius 3 is 2.13 bits per heavy atom. The lowest BCUT2D eigenvalue weighted by molar-refractivity contribution is -0.140. The summed E-state index contributed by atoms with van der Waals surface area (Å²) in [5.41, 5.74) is -3.76. The SMILES string of the molecule is CC(=O)C1(OC(=O)c2ccccc2)C(F)=C(F)C(F)=C(F)C1F. The zero-order chi connectivity index (χ0) is 17.4. The third-order valence-corrected chi connectivity index (χ3v) is 3.29. The van der Waals surface area contributed by atoms with Crippen molar-refractivity contribution in [3.8, 4) is 0 Å². The molecule has 8 heteroatoms. The molecular weight excluding hydrogens is 323 g/mol. The van der Waals surface area contributed by atoms with Gasteiger partial charge in [0, 0.05) is 0 Å². The second-order valence-electron chi connectivity index (χ2n) is 4.70. The Kier molecular flexibility index (Phi) is 4.35. The smallest absolute Gasteiger partial charge is 0.339 e. The van der Waals surface area contributed by atoms with Crippen LogP contribution in [0.5, 0.6) is 0 Å². The average molecular weight is 332 g/mol. The van der Waals surface area contributed by atoms with Crippen LogP contribution in [0.1, 0.15) is 17.3 Å². The van der Waals surface area contributed by atoms with Crippen LogP contribution in [0.3, 0.4) is 0 Å². The summed E-state index contributed by atoms with van der Waals surface area (Å²) in [7, 11) is 0. The maximum absolute atomic E-state index is 14.1. The molecule has 0 heterocycles. The predicted molar refractivity (Wildman–Crippen MR) is 68.6 cm³/mol. The lowest BCUT2D eigenvalue weighted by Crippen LogP contribution is -2.53. The van der Waals surface area contributed by atoms with E-state index in [4.69, 9.17) is 0 Å². The van der Waals surface area contributed by atoms with Crippen molar-refractivity contribution in [2.45, 2.75) is 18.7 Å². The van der Waals surface area contributed by atoms with E-state index in [9.17, 15) is 31.5 Å². The van der Waals surface area contributed by atoms with E-state index < -0.39 is 46.8 Å². The molecule has 0 aromatic heterocycles.